The summed E-state index contributed by atoms with van der Waals surface area (Å²) in [5, 5.41) is 0. The van der Waals surface area contributed by atoms with Gasteiger partial charge in [0, 0.05) is 11.8 Å². The first-order chi connectivity index (χ1) is 6.03. The molecule has 0 aliphatic rings. The zero-order valence-corrected chi connectivity index (χ0v) is 7.75. The van der Waals surface area contributed by atoms with Gasteiger partial charge in [0.05, 0.1) is 0 Å². The number of hydrogen-bond acceptors (Lipinski definition) is 1. The highest BCUT2D eigenvalue weighted by molar-refractivity contribution is 5.62. The lowest BCUT2D eigenvalue weighted by molar-refractivity contribution is -0.113. The molecule has 0 N–H and O–H groups in total. The highest BCUT2D eigenvalue weighted by Crippen LogP contribution is 2.21. The van der Waals surface area contributed by atoms with Crippen molar-refractivity contribution in [1.82, 2.24) is 0 Å². The van der Waals surface area contributed by atoms with Crippen molar-refractivity contribution in [2.24, 2.45) is 5.41 Å². The van der Waals surface area contributed by atoms with Crippen molar-refractivity contribution >= 4 is 6.29 Å². The quantitative estimate of drug-likeness (QED) is 0.652. The minimum absolute atomic E-state index is 0.282. The molecule has 2 heteroatoms. The monoisotopic (exact) mass is 179 g/mol. The molecule has 0 aromatic heterocycles. The van der Waals surface area contributed by atoms with Gasteiger partial charge < -0.3 is 4.79 Å². The molecule has 1 aromatic rings. The number of aldehydes is 1. The average molecular weight is 179 g/mol. The zero-order valence-electron chi connectivity index (χ0n) is 7.75. The molecule has 0 saturated heterocycles. The van der Waals surface area contributed by atoms with Gasteiger partial charge in [-0.25, -0.2) is 4.39 Å². The molecule has 1 rings (SSSR count). The predicted molar refractivity (Wildman–Crippen MR) is 49.6 cm³/mol. The number of carbonyl (C=O) groups is 1. The van der Waals surface area contributed by atoms with Gasteiger partial charge in [-0.15, -0.1) is 0 Å². The van der Waals surface area contributed by atoms with Crippen molar-refractivity contribution in [2.75, 3.05) is 0 Å². The molecule has 0 bridgehead atoms. The zero-order chi connectivity index (χ0) is 9.90. The molecule has 0 unspecified atom stereocenters. The normalized spacial score (nSPS) is 11.3. The molecule has 0 fully saturated rings. The first-order valence-corrected chi connectivity index (χ1v) is 4.11. The third-order valence-electron chi connectivity index (χ3n) is 1.69. The third-order valence-corrected chi connectivity index (χ3v) is 1.69. The van der Waals surface area contributed by atoms with E-state index in [2.05, 4.69) is 0 Å². The van der Waals surface area contributed by atoms with Crippen LogP contribution in [0.25, 0.3) is 0 Å². The summed E-state index contributed by atoms with van der Waals surface area (Å²) in [5.74, 6) is -0.282. The second kappa shape index (κ2) is 3.69. The van der Waals surface area contributed by atoms with E-state index in [4.69, 9.17) is 0 Å². The second-order valence-corrected chi connectivity index (χ2v) is 3.64. The fourth-order valence-corrected chi connectivity index (χ4v) is 1.06. The summed E-state index contributed by atoms with van der Waals surface area (Å²) in [5.41, 5.74) is 0.199. The SMILES string of the molecule is CC(C)([CH]c1cccc(F)c1)C=O. The van der Waals surface area contributed by atoms with Crippen molar-refractivity contribution < 1.29 is 9.18 Å². The molecule has 69 valence electrons. The largest absolute Gasteiger partial charge is 0.303 e. The van der Waals surface area contributed by atoms with Gasteiger partial charge in [0.25, 0.3) is 0 Å². The van der Waals surface area contributed by atoms with Crippen LogP contribution in [0.4, 0.5) is 4.39 Å². The van der Waals surface area contributed by atoms with Crippen LogP contribution in [-0.4, -0.2) is 6.29 Å². The van der Waals surface area contributed by atoms with E-state index in [0.717, 1.165) is 11.8 Å². The fourth-order valence-electron chi connectivity index (χ4n) is 1.06. The fraction of sp³-hybridized carbons (Fsp3) is 0.273. The minimum atomic E-state index is -0.534. The molecule has 0 aliphatic heterocycles. The van der Waals surface area contributed by atoms with Crippen LogP contribution in [-0.2, 0) is 4.79 Å². The number of hydrogen-bond donors (Lipinski definition) is 0. The molecule has 0 amide bonds. The molecule has 0 heterocycles. The van der Waals surface area contributed by atoms with Gasteiger partial charge in [-0.1, -0.05) is 26.0 Å². The number of carbonyl (C=O) groups excluding carboxylic acids is 1. The van der Waals surface area contributed by atoms with E-state index in [1.807, 2.05) is 0 Å². The topological polar surface area (TPSA) is 17.1 Å². The molecular weight excluding hydrogens is 167 g/mol. The summed E-state index contributed by atoms with van der Waals surface area (Å²) >= 11 is 0. The first kappa shape index (κ1) is 9.90. The molecule has 13 heavy (non-hydrogen) atoms. The Morgan fingerprint density at radius 2 is 2.08 bits per heavy atom. The Hall–Kier alpha value is -1.18. The van der Waals surface area contributed by atoms with E-state index in [1.54, 1.807) is 32.4 Å². The molecule has 1 nitrogen and oxygen atoms in total. The van der Waals surface area contributed by atoms with Crippen LogP contribution in [0.2, 0.25) is 0 Å². The first-order valence-electron chi connectivity index (χ1n) is 4.11. The Bertz CT molecular complexity index is 305. The smallest absolute Gasteiger partial charge is 0.126 e. The Balaban J connectivity index is 2.80. The third kappa shape index (κ3) is 2.98. The van der Waals surface area contributed by atoms with Gasteiger partial charge in [-0.3, -0.25) is 0 Å². The molecule has 1 aromatic carbocycles. The van der Waals surface area contributed by atoms with Crippen LogP contribution in [0.1, 0.15) is 19.4 Å². The molecule has 0 saturated carbocycles. The van der Waals surface area contributed by atoms with Crippen LogP contribution < -0.4 is 0 Å². The second-order valence-electron chi connectivity index (χ2n) is 3.64. The van der Waals surface area contributed by atoms with Gasteiger partial charge in [0.2, 0.25) is 0 Å². The summed E-state index contributed by atoms with van der Waals surface area (Å²) in [6, 6.07) is 6.19. The van der Waals surface area contributed by atoms with Crippen LogP contribution in [0.15, 0.2) is 24.3 Å². The Kier molecular flexibility index (Phi) is 2.81. The van der Waals surface area contributed by atoms with Crippen molar-refractivity contribution in [3.05, 3.63) is 42.1 Å². The predicted octanol–water partition coefficient (Wildman–Crippen LogP) is 2.60. The van der Waals surface area contributed by atoms with E-state index in [0.29, 0.717) is 0 Å². The molecule has 1 radical (unpaired) electrons. The van der Waals surface area contributed by atoms with Crippen LogP contribution in [0.5, 0.6) is 0 Å². The Morgan fingerprint density at radius 1 is 1.38 bits per heavy atom. The summed E-state index contributed by atoms with van der Waals surface area (Å²) in [6.45, 7) is 3.57. The van der Waals surface area contributed by atoms with Crippen LogP contribution in [0, 0.1) is 17.7 Å². The van der Waals surface area contributed by atoms with Gasteiger partial charge in [0.15, 0.2) is 0 Å². The highest BCUT2D eigenvalue weighted by atomic mass is 19.1. The van der Waals surface area contributed by atoms with E-state index in [1.165, 1.54) is 12.1 Å². The Morgan fingerprint density at radius 3 is 2.62 bits per heavy atom. The summed E-state index contributed by atoms with van der Waals surface area (Å²) in [7, 11) is 0. The molecule has 0 aliphatic carbocycles. The molecule has 0 spiro atoms. The van der Waals surface area contributed by atoms with Gasteiger partial charge >= 0.3 is 0 Å². The highest BCUT2D eigenvalue weighted by Gasteiger charge is 2.17. The maximum Gasteiger partial charge on any atom is 0.126 e. The van der Waals surface area contributed by atoms with E-state index < -0.39 is 5.41 Å². The Labute approximate surface area is 77.6 Å². The molecule has 0 atom stereocenters. The van der Waals surface area contributed by atoms with Crippen molar-refractivity contribution in [3.8, 4) is 0 Å². The van der Waals surface area contributed by atoms with E-state index in [-0.39, 0.29) is 5.82 Å². The van der Waals surface area contributed by atoms with Crippen molar-refractivity contribution in [2.45, 2.75) is 13.8 Å². The lowest BCUT2D eigenvalue weighted by Crippen LogP contribution is -2.14. The van der Waals surface area contributed by atoms with Crippen molar-refractivity contribution in [3.63, 3.8) is 0 Å². The summed E-state index contributed by atoms with van der Waals surface area (Å²) < 4.78 is 12.7. The number of halogens is 1. The van der Waals surface area contributed by atoms with E-state index >= 15 is 0 Å². The maximum atomic E-state index is 12.7. The number of rotatable bonds is 3. The standard InChI is InChI=1S/C11H12FO/c1-11(2,8-13)7-9-4-3-5-10(12)6-9/h3-8H,1-2H3. The van der Waals surface area contributed by atoms with Crippen LogP contribution in [0.3, 0.4) is 0 Å². The lowest BCUT2D eigenvalue weighted by atomic mass is 9.87. The average Bonchev–Trinajstić information content (AvgIpc) is 2.03. The number of benzene rings is 1. The van der Waals surface area contributed by atoms with E-state index in [9.17, 15) is 9.18 Å². The van der Waals surface area contributed by atoms with Gasteiger partial charge in [-0.2, -0.15) is 0 Å². The van der Waals surface area contributed by atoms with Crippen molar-refractivity contribution in [1.29, 1.82) is 0 Å². The lowest BCUT2D eigenvalue weighted by Gasteiger charge is -2.15. The molecular formula is C11H12FO. The summed E-state index contributed by atoms with van der Waals surface area (Å²) in [6.07, 6.45) is 2.58. The summed E-state index contributed by atoms with van der Waals surface area (Å²) in [4.78, 5) is 10.6. The minimum Gasteiger partial charge on any atom is -0.303 e. The maximum absolute atomic E-state index is 12.7. The van der Waals surface area contributed by atoms with Gasteiger partial charge in [0.1, 0.15) is 12.1 Å². The van der Waals surface area contributed by atoms with Crippen LogP contribution >= 0.6 is 0 Å². The van der Waals surface area contributed by atoms with Gasteiger partial charge in [-0.05, 0) is 17.7 Å².